The van der Waals surface area contributed by atoms with E-state index in [0.717, 1.165) is 12.8 Å². The molecule has 1 aromatic carbocycles. The van der Waals surface area contributed by atoms with Gasteiger partial charge in [-0.1, -0.05) is 13.3 Å². The molecule has 0 aliphatic carbocycles. The van der Waals surface area contributed by atoms with E-state index >= 15 is 0 Å². The van der Waals surface area contributed by atoms with Crippen LogP contribution in [0.1, 0.15) is 39.2 Å². The fourth-order valence-electron chi connectivity index (χ4n) is 1.72. The first-order chi connectivity index (χ1) is 10.2. The highest BCUT2D eigenvalue weighted by molar-refractivity contribution is 7.89. The molecule has 6 nitrogen and oxygen atoms in total. The van der Waals surface area contributed by atoms with Gasteiger partial charge in [-0.05, 0) is 38.5 Å². The second-order valence-electron chi connectivity index (χ2n) is 5.74. The van der Waals surface area contributed by atoms with Crippen molar-refractivity contribution in [2.45, 2.75) is 44.1 Å². The number of hydrogen-bond acceptors (Lipinski definition) is 5. The van der Waals surface area contributed by atoms with Crippen molar-refractivity contribution >= 4 is 15.7 Å². The lowest BCUT2D eigenvalue weighted by molar-refractivity contribution is 0.0857. The van der Waals surface area contributed by atoms with E-state index in [2.05, 4.69) is 10.0 Å². The van der Waals surface area contributed by atoms with E-state index < -0.39 is 15.6 Å². The molecular formula is C15H23N3O3S. The Hall–Kier alpha value is -1.62. The van der Waals surface area contributed by atoms with Crippen LogP contribution in [0.25, 0.3) is 0 Å². The Morgan fingerprint density at radius 3 is 2.59 bits per heavy atom. The number of hydrogen-bond donors (Lipinski definition) is 3. The number of unbranched alkanes of at least 4 members (excludes halogenated alkanes) is 1. The predicted octanol–water partition coefficient (Wildman–Crippen LogP) is 1.82. The van der Waals surface area contributed by atoms with E-state index in [-0.39, 0.29) is 11.4 Å². The summed E-state index contributed by atoms with van der Waals surface area (Å²) in [4.78, 5) is 0.0758. The van der Waals surface area contributed by atoms with E-state index in [4.69, 9.17) is 5.26 Å². The quantitative estimate of drug-likeness (QED) is 0.633. The Balaban J connectivity index is 3.08. The van der Waals surface area contributed by atoms with E-state index in [0.29, 0.717) is 17.8 Å². The first kappa shape index (κ1) is 18.4. The van der Waals surface area contributed by atoms with Gasteiger partial charge in [0.1, 0.15) is 4.90 Å². The average Bonchev–Trinajstić information content (AvgIpc) is 2.44. The zero-order valence-electron chi connectivity index (χ0n) is 13.2. The molecule has 0 radical (unpaired) electrons. The van der Waals surface area contributed by atoms with Crippen molar-refractivity contribution in [2.24, 2.45) is 0 Å². The molecule has 0 saturated heterocycles. The maximum absolute atomic E-state index is 12.4. The normalized spacial score (nSPS) is 12.0. The van der Waals surface area contributed by atoms with Crippen LogP contribution in [0.5, 0.6) is 0 Å². The summed E-state index contributed by atoms with van der Waals surface area (Å²) in [5.74, 6) is 0. The highest BCUT2D eigenvalue weighted by Gasteiger charge is 2.22. The van der Waals surface area contributed by atoms with Crippen LogP contribution in [0.4, 0.5) is 5.69 Å². The van der Waals surface area contributed by atoms with E-state index in [9.17, 15) is 13.5 Å². The third kappa shape index (κ3) is 5.64. The number of benzene rings is 1. The molecule has 0 aliphatic heterocycles. The summed E-state index contributed by atoms with van der Waals surface area (Å²) in [7, 11) is -3.77. The Bertz CT molecular complexity index is 643. The van der Waals surface area contributed by atoms with Gasteiger partial charge in [0.15, 0.2) is 0 Å². The predicted molar refractivity (Wildman–Crippen MR) is 86.0 cm³/mol. The molecule has 0 aromatic heterocycles. The van der Waals surface area contributed by atoms with Crippen LogP contribution >= 0.6 is 0 Å². The first-order valence-electron chi connectivity index (χ1n) is 7.19. The minimum Gasteiger partial charge on any atom is -0.389 e. The molecule has 3 N–H and O–H groups in total. The van der Waals surface area contributed by atoms with Crippen molar-refractivity contribution in [3.63, 3.8) is 0 Å². The minimum absolute atomic E-state index is 0.0758. The van der Waals surface area contributed by atoms with Crippen LogP contribution in [0.3, 0.4) is 0 Å². The molecule has 1 rings (SSSR count). The standard InChI is InChI=1S/C15H23N3O3S/c1-4-5-8-17-13-9-12(10-16)6-7-14(13)22(20,21)18-11-15(2,3)19/h6-7,9,17-19H,4-5,8,11H2,1-3H3. The van der Waals surface area contributed by atoms with Crippen molar-refractivity contribution < 1.29 is 13.5 Å². The van der Waals surface area contributed by atoms with Crippen LogP contribution in [-0.4, -0.2) is 32.2 Å². The summed E-state index contributed by atoms with van der Waals surface area (Å²) in [5.41, 5.74) is -0.355. The molecule has 0 saturated carbocycles. The van der Waals surface area contributed by atoms with Gasteiger partial charge in [0, 0.05) is 13.1 Å². The number of nitrogens with one attached hydrogen (secondary N) is 2. The summed E-state index contributed by atoms with van der Waals surface area (Å²) in [6.07, 6.45) is 1.87. The molecule has 0 atom stereocenters. The van der Waals surface area contributed by atoms with E-state index in [1.165, 1.54) is 32.0 Å². The second-order valence-corrected chi connectivity index (χ2v) is 7.48. The molecule has 0 aliphatic rings. The molecule has 1 aromatic rings. The fraction of sp³-hybridized carbons (Fsp3) is 0.533. The SMILES string of the molecule is CCCCNc1cc(C#N)ccc1S(=O)(=O)NCC(C)(C)O. The molecule has 122 valence electrons. The monoisotopic (exact) mass is 325 g/mol. The zero-order valence-corrected chi connectivity index (χ0v) is 14.0. The largest absolute Gasteiger partial charge is 0.389 e. The average molecular weight is 325 g/mol. The maximum atomic E-state index is 12.4. The molecule has 0 spiro atoms. The number of rotatable bonds is 8. The molecule has 22 heavy (non-hydrogen) atoms. The number of sulfonamides is 1. The van der Waals surface area contributed by atoms with Gasteiger partial charge in [0.05, 0.1) is 22.9 Å². The van der Waals surface area contributed by atoms with Gasteiger partial charge in [-0.3, -0.25) is 0 Å². The Morgan fingerprint density at radius 2 is 2.05 bits per heavy atom. The van der Waals surface area contributed by atoms with E-state index in [1.54, 1.807) is 0 Å². The summed E-state index contributed by atoms with van der Waals surface area (Å²) < 4.78 is 27.2. The van der Waals surface area contributed by atoms with Crippen LogP contribution in [0.2, 0.25) is 0 Å². The molecule has 0 amide bonds. The van der Waals surface area contributed by atoms with Crippen molar-refractivity contribution in [3.8, 4) is 6.07 Å². The van der Waals surface area contributed by atoms with Crippen LogP contribution in [0, 0.1) is 11.3 Å². The smallest absolute Gasteiger partial charge is 0.242 e. The third-order valence-electron chi connectivity index (χ3n) is 2.94. The summed E-state index contributed by atoms with van der Waals surface area (Å²) in [6.45, 7) is 5.61. The first-order valence-corrected chi connectivity index (χ1v) is 8.68. The Kier molecular flexibility index (Phi) is 6.35. The van der Waals surface area contributed by atoms with Gasteiger partial charge in [-0.2, -0.15) is 5.26 Å². The van der Waals surface area contributed by atoms with Gasteiger partial charge in [-0.25, -0.2) is 13.1 Å². The Morgan fingerprint density at radius 1 is 1.36 bits per heavy atom. The number of nitrogens with zero attached hydrogens (tertiary/aromatic N) is 1. The lowest BCUT2D eigenvalue weighted by atomic mass is 10.1. The van der Waals surface area contributed by atoms with Gasteiger partial charge in [0.25, 0.3) is 0 Å². The van der Waals surface area contributed by atoms with Gasteiger partial charge in [-0.15, -0.1) is 0 Å². The highest BCUT2D eigenvalue weighted by Crippen LogP contribution is 2.23. The van der Waals surface area contributed by atoms with Crippen molar-refractivity contribution in [2.75, 3.05) is 18.4 Å². The summed E-state index contributed by atoms with van der Waals surface area (Å²) in [5, 5.41) is 21.7. The van der Waals surface area contributed by atoms with E-state index in [1.807, 2.05) is 13.0 Å². The molecule has 0 unspecified atom stereocenters. The third-order valence-corrected chi connectivity index (χ3v) is 4.40. The van der Waals surface area contributed by atoms with Crippen molar-refractivity contribution in [1.29, 1.82) is 5.26 Å². The fourth-order valence-corrected chi connectivity index (χ4v) is 3.09. The molecule has 0 fully saturated rings. The summed E-state index contributed by atoms with van der Waals surface area (Å²) >= 11 is 0. The van der Waals surface area contributed by atoms with Crippen LogP contribution < -0.4 is 10.0 Å². The number of anilines is 1. The number of aliphatic hydroxyl groups is 1. The molecule has 7 heteroatoms. The maximum Gasteiger partial charge on any atom is 0.242 e. The highest BCUT2D eigenvalue weighted by atomic mass is 32.2. The molecule has 0 bridgehead atoms. The molecule has 0 heterocycles. The van der Waals surface area contributed by atoms with Crippen molar-refractivity contribution in [1.82, 2.24) is 4.72 Å². The summed E-state index contributed by atoms with van der Waals surface area (Å²) in [6, 6.07) is 6.38. The molecular weight excluding hydrogens is 302 g/mol. The van der Waals surface area contributed by atoms with Crippen LogP contribution in [0.15, 0.2) is 23.1 Å². The topological polar surface area (TPSA) is 102 Å². The van der Waals surface area contributed by atoms with Crippen LogP contribution in [-0.2, 0) is 10.0 Å². The Labute approximate surface area is 132 Å². The minimum atomic E-state index is -3.77. The zero-order chi connectivity index (χ0) is 16.8. The van der Waals surface area contributed by atoms with Crippen molar-refractivity contribution in [3.05, 3.63) is 23.8 Å². The second kappa shape index (κ2) is 7.58. The van der Waals surface area contributed by atoms with Gasteiger partial charge >= 0.3 is 0 Å². The lowest BCUT2D eigenvalue weighted by Crippen LogP contribution is -2.38. The number of nitriles is 1. The van der Waals surface area contributed by atoms with Gasteiger partial charge in [0.2, 0.25) is 10.0 Å². The van der Waals surface area contributed by atoms with Gasteiger partial charge < -0.3 is 10.4 Å². The lowest BCUT2D eigenvalue weighted by Gasteiger charge is -2.19.